The zero-order chi connectivity index (χ0) is 11.3. The molecule has 0 spiro atoms. The number of carbonyl (C=O) groups excluding carboxylic acids is 1. The Kier molecular flexibility index (Phi) is 4.99. The topological polar surface area (TPSA) is 26.3 Å². The van der Waals surface area contributed by atoms with Gasteiger partial charge < -0.3 is 4.74 Å². The van der Waals surface area contributed by atoms with Crippen LogP contribution < -0.4 is 4.74 Å². The van der Waals surface area contributed by atoms with E-state index < -0.39 is 0 Å². The third kappa shape index (κ3) is 3.43. The van der Waals surface area contributed by atoms with E-state index in [1.807, 2.05) is 6.26 Å². The minimum atomic E-state index is 0.0632. The molecule has 4 heteroatoms. The zero-order valence-corrected chi connectivity index (χ0v) is 10.3. The highest BCUT2D eigenvalue weighted by Gasteiger charge is 2.10. The van der Waals surface area contributed by atoms with Crippen molar-refractivity contribution in [2.45, 2.75) is 6.42 Å². The molecule has 0 fully saturated rings. The lowest BCUT2D eigenvalue weighted by Crippen LogP contribution is -2.01. The van der Waals surface area contributed by atoms with E-state index in [1.54, 1.807) is 37.1 Å². The van der Waals surface area contributed by atoms with Crippen LogP contribution in [0.3, 0.4) is 0 Å². The Morgan fingerprint density at radius 2 is 2.27 bits per heavy atom. The van der Waals surface area contributed by atoms with E-state index in [9.17, 15) is 4.79 Å². The molecule has 82 valence electrons. The minimum Gasteiger partial charge on any atom is -0.497 e. The third-order valence-corrected chi connectivity index (χ3v) is 2.95. The first-order valence-electron chi connectivity index (χ1n) is 4.54. The van der Waals surface area contributed by atoms with Gasteiger partial charge in [-0.3, -0.25) is 4.79 Å². The summed E-state index contributed by atoms with van der Waals surface area (Å²) in [4.78, 5) is 11.7. The molecule has 0 saturated carbocycles. The number of ether oxygens (including phenoxy) is 1. The largest absolute Gasteiger partial charge is 0.497 e. The van der Waals surface area contributed by atoms with Gasteiger partial charge >= 0.3 is 0 Å². The lowest BCUT2D eigenvalue weighted by Gasteiger charge is -2.05. The predicted octanol–water partition coefficient (Wildman–Crippen LogP) is 3.28. The molecule has 0 unspecified atom stereocenters. The smallest absolute Gasteiger partial charge is 0.165 e. The molecule has 0 atom stereocenters. The van der Waals surface area contributed by atoms with Gasteiger partial charge in [0, 0.05) is 17.7 Å². The highest BCUT2D eigenvalue weighted by Crippen LogP contribution is 2.23. The molecule has 0 bridgehead atoms. The van der Waals surface area contributed by atoms with Crippen molar-refractivity contribution in [3.63, 3.8) is 0 Å². The number of carbonyl (C=O) groups is 1. The van der Waals surface area contributed by atoms with Crippen molar-refractivity contribution in [3.05, 3.63) is 28.8 Å². The lowest BCUT2D eigenvalue weighted by atomic mass is 10.1. The molecule has 0 radical (unpaired) electrons. The highest BCUT2D eigenvalue weighted by molar-refractivity contribution is 7.98. The van der Waals surface area contributed by atoms with Crippen molar-refractivity contribution in [2.75, 3.05) is 19.1 Å². The van der Waals surface area contributed by atoms with Gasteiger partial charge in [0.2, 0.25) is 0 Å². The first-order chi connectivity index (χ1) is 7.19. The van der Waals surface area contributed by atoms with Crippen LogP contribution in [0.25, 0.3) is 0 Å². The number of hydrogen-bond donors (Lipinski definition) is 0. The SMILES string of the molecule is COc1ccc(Cl)c(C(=O)CCSC)c1. The number of thioether (sulfide) groups is 1. The first-order valence-corrected chi connectivity index (χ1v) is 6.32. The van der Waals surface area contributed by atoms with E-state index in [2.05, 4.69) is 0 Å². The Balaban J connectivity index is 2.86. The van der Waals surface area contributed by atoms with E-state index in [4.69, 9.17) is 16.3 Å². The number of methoxy groups -OCH3 is 1. The summed E-state index contributed by atoms with van der Waals surface area (Å²) in [5.41, 5.74) is 0.546. The lowest BCUT2D eigenvalue weighted by molar-refractivity contribution is 0.0989. The maximum Gasteiger partial charge on any atom is 0.165 e. The first kappa shape index (κ1) is 12.4. The Morgan fingerprint density at radius 3 is 2.87 bits per heavy atom. The second-order valence-electron chi connectivity index (χ2n) is 3.01. The Bertz CT molecular complexity index is 352. The van der Waals surface area contributed by atoms with Crippen LogP contribution in [0.15, 0.2) is 18.2 Å². The van der Waals surface area contributed by atoms with Crippen molar-refractivity contribution in [2.24, 2.45) is 0 Å². The van der Waals surface area contributed by atoms with Gasteiger partial charge in [-0.25, -0.2) is 0 Å². The van der Waals surface area contributed by atoms with E-state index in [-0.39, 0.29) is 5.78 Å². The van der Waals surface area contributed by atoms with Gasteiger partial charge in [0.25, 0.3) is 0 Å². The van der Waals surface area contributed by atoms with E-state index in [1.165, 1.54) is 0 Å². The van der Waals surface area contributed by atoms with Crippen molar-refractivity contribution >= 4 is 29.1 Å². The number of rotatable bonds is 5. The number of ketones is 1. The van der Waals surface area contributed by atoms with Crippen molar-refractivity contribution in [1.29, 1.82) is 0 Å². The van der Waals surface area contributed by atoms with Crippen LogP contribution in [0.5, 0.6) is 5.75 Å². The molecule has 1 rings (SSSR count). The molecule has 0 aliphatic heterocycles. The Morgan fingerprint density at radius 1 is 1.53 bits per heavy atom. The summed E-state index contributed by atoms with van der Waals surface area (Å²) < 4.78 is 5.05. The molecule has 0 aliphatic carbocycles. The maximum absolute atomic E-state index is 11.7. The fourth-order valence-corrected chi connectivity index (χ4v) is 1.79. The molecule has 0 amide bonds. The molecule has 1 aromatic rings. The summed E-state index contributed by atoms with van der Waals surface area (Å²) in [7, 11) is 1.57. The van der Waals surface area contributed by atoms with Gasteiger partial charge in [-0.05, 0) is 24.5 Å². The van der Waals surface area contributed by atoms with E-state index >= 15 is 0 Å². The summed E-state index contributed by atoms with van der Waals surface area (Å²) in [5.74, 6) is 1.53. The van der Waals surface area contributed by atoms with E-state index in [0.717, 1.165) is 5.75 Å². The molecular formula is C11H13ClO2S. The molecule has 15 heavy (non-hydrogen) atoms. The molecular weight excluding hydrogens is 232 g/mol. The minimum absolute atomic E-state index is 0.0632. The average molecular weight is 245 g/mol. The van der Waals surface area contributed by atoms with Crippen molar-refractivity contribution in [3.8, 4) is 5.75 Å². The third-order valence-electron chi connectivity index (χ3n) is 2.01. The quantitative estimate of drug-likeness (QED) is 0.744. The van der Waals surface area contributed by atoms with Crippen LogP contribution >= 0.6 is 23.4 Å². The maximum atomic E-state index is 11.7. The summed E-state index contributed by atoms with van der Waals surface area (Å²) in [6.45, 7) is 0. The van der Waals surface area contributed by atoms with Gasteiger partial charge in [-0.15, -0.1) is 0 Å². The summed E-state index contributed by atoms with van der Waals surface area (Å²) in [6.07, 6.45) is 2.48. The Labute approximate surface area is 99.0 Å². The summed E-state index contributed by atoms with van der Waals surface area (Å²) in [6, 6.07) is 5.12. The van der Waals surface area contributed by atoms with Crippen LogP contribution in [0.1, 0.15) is 16.8 Å². The number of Topliss-reactive ketones (excluding diaryl/α,β-unsaturated/α-hetero) is 1. The zero-order valence-electron chi connectivity index (χ0n) is 8.75. The predicted molar refractivity (Wildman–Crippen MR) is 65.3 cm³/mol. The van der Waals surface area contributed by atoms with Crippen molar-refractivity contribution in [1.82, 2.24) is 0 Å². The van der Waals surface area contributed by atoms with Gasteiger partial charge in [0.05, 0.1) is 12.1 Å². The van der Waals surface area contributed by atoms with Gasteiger partial charge in [-0.2, -0.15) is 11.8 Å². The molecule has 0 heterocycles. The molecule has 2 nitrogen and oxygen atoms in total. The van der Waals surface area contributed by atoms with Crippen LogP contribution in [0, 0.1) is 0 Å². The van der Waals surface area contributed by atoms with Crippen LogP contribution in [-0.4, -0.2) is 24.9 Å². The van der Waals surface area contributed by atoms with Crippen LogP contribution in [-0.2, 0) is 0 Å². The fraction of sp³-hybridized carbons (Fsp3) is 0.364. The number of halogens is 1. The second-order valence-corrected chi connectivity index (χ2v) is 4.40. The van der Waals surface area contributed by atoms with E-state index in [0.29, 0.717) is 22.8 Å². The molecule has 0 aliphatic rings. The van der Waals surface area contributed by atoms with Crippen LogP contribution in [0.4, 0.5) is 0 Å². The Hall–Kier alpha value is -0.670. The van der Waals surface area contributed by atoms with Gasteiger partial charge in [-0.1, -0.05) is 11.6 Å². The van der Waals surface area contributed by atoms with Crippen molar-refractivity contribution < 1.29 is 9.53 Å². The normalized spacial score (nSPS) is 10.1. The second kappa shape index (κ2) is 6.03. The summed E-state index contributed by atoms with van der Waals surface area (Å²) >= 11 is 7.59. The molecule has 0 aromatic heterocycles. The number of hydrogen-bond acceptors (Lipinski definition) is 3. The number of benzene rings is 1. The molecule has 0 N–H and O–H groups in total. The fourth-order valence-electron chi connectivity index (χ4n) is 1.17. The monoisotopic (exact) mass is 244 g/mol. The summed E-state index contributed by atoms with van der Waals surface area (Å²) in [5, 5.41) is 0.488. The van der Waals surface area contributed by atoms with Gasteiger partial charge in [0.15, 0.2) is 5.78 Å². The molecule has 1 aromatic carbocycles. The van der Waals surface area contributed by atoms with Gasteiger partial charge in [0.1, 0.15) is 5.75 Å². The highest BCUT2D eigenvalue weighted by atomic mass is 35.5. The molecule has 0 saturated heterocycles. The average Bonchev–Trinajstić information content (AvgIpc) is 2.26. The van der Waals surface area contributed by atoms with Crippen LogP contribution in [0.2, 0.25) is 5.02 Å². The standard InChI is InChI=1S/C11H13ClO2S/c1-14-8-3-4-10(12)9(7-8)11(13)5-6-15-2/h3-4,7H,5-6H2,1-2H3.